The number of fused-ring (bicyclic) bond motifs is 1. The van der Waals surface area contributed by atoms with Gasteiger partial charge >= 0.3 is 0 Å². The lowest BCUT2D eigenvalue weighted by molar-refractivity contribution is 0.642. The number of nitrogen functional groups attached to an aromatic ring is 1. The number of aryl methyl sites for hydroxylation is 1. The highest BCUT2D eigenvalue weighted by Crippen LogP contribution is 2.35. The van der Waals surface area contributed by atoms with Crippen LogP contribution in [0.5, 0.6) is 0 Å². The van der Waals surface area contributed by atoms with Gasteiger partial charge in [-0.25, -0.2) is 4.98 Å². The molecule has 18 heavy (non-hydrogen) atoms. The van der Waals surface area contributed by atoms with Crippen molar-refractivity contribution in [2.75, 3.05) is 17.2 Å². The number of anilines is 2. The van der Waals surface area contributed by atoms with Crippen molar-refractivity contribution in [1.29, 1.82) is 0 Å². The summed E-state index contributed by atoms with van der Waals surface area (Å²) in [6.07, 6.45) is 3.66. The third kappa shape index (κ3) is 1.82. The second-order valence-electron chi connectivity index (χ2n) is 4.88. The van der Waals surface area contributed by atoms with E-state index < -0.39 is 0 Å². The molecule has 1 fully saturated rings. The topological polar surface area (TPSA) is 55.0 Å². The molecule has 0 amide bonds. The molecule has 2 aromatic rings. The van der Waals surface area contributed by atoms with E-state index >= 15 is 0 Å². The van der Waals surface area contributed by atoms with E-state index in [1.807, 2.05) is 0 Å². The van der Waals surface area contributed by atoms with Gasteiger partial charge in [0.05, 0.1) is 5.39 Å². The van der Waals surface area contributed by atoms with Gasteiger partial charge < -0.3 is 10.6 Å². The standard InChI is InChI=1S/C13H18N4S/c1-3-9-5-4-6-17(9)11-10-7-8(2)18-12(10)16-13(14)15-11/h7,9H,3-6H2,1-2H3,(H2,14,15,16). The first-order valence-corrected chi connectivity index (χ1v) is 7.31. The zero-order chi connectivity index (χ0) is 12.7. The van der Waals surface area contributed by atoms with E-state index in [2.05, 4.69) is 34.8 Å². The average Bonchev–Trinajstić information content (AvgIpc) is 2.92. The third-order valence-electron chi connectivity index (χ3n) is 3.63. The Kier molecular flexibility index (Phi) is 2.86. The number of hydrogen-bond acceptors (Lipinski definition) is 5. The number of rotatable bonds is 2. The fraction of sp³-hybridized carbons (Fsp3) is 0.538. The molecular weight excluding hydrogens is 244 g/mol. The quantitative estimate of drug-likeness (QED) is 0.904. The molecule has 1 aliphatic heterocycles. The second-order valence-corrected chi connectivity index (χ2v) is 6.11. The summed E-state index contributed by atoms with van der Waals surface area (Å²) in [5.41, 5.74) is 5.85. The van der Waals surface area contributed by atoms with Crippen molar-refractivity contribution in [2.45, 2.75) is 39.2 Å². The van der Waals surface area contributed by atoms with E-state index in [1.165, 1.54) is 17.7 Å². The maximum atomic E-state index is 5.85. The smallest absolute Gasteiger partial charge is 0.223 e. The molecule has 3 rings (SSSR count). The third-order valence-corrected chi connectivity index (χ3v) is 4.58. The number of aromatic nitrogens is 2. The van der Waals surface area contributed by atoms with Crippen molar-refractivity contribution in [3.63, 3.8) is 0 Å². The molecule has 0 saturated carbocycles. The predicted molar refractivity (Wildman–Crippen MR) is 77.2 cm³/mol. The molecule has 96 valence electrons. The first-order valence-electron chi connectivity index (χ1n) is 6.49. The minimum atomic E-state index is 0.390. The Hall–Kier alpha value is -1.36. The van der Waals surface area contributed by atoms with Crippen LogP contribution in [-0.2, 0) is 0 Å². The summed E-state index contributed by atoms with van der Waals surface area (Å²) in [5, 5.41) is 1.16. The van der Waals surface area contributed by atoms with E-state index in [0.29, 0.717) is 12.0 Å². The summed E-state index contributed by atoms with van der Waals surface area (Å²) in [6.45, 7) is 5.43. The molecule has 2 aromatic heterocycles. The van der Waals surface area contributed by atoms with E-state index in [-0.39, 0.29) is 0 Å². The van der Waals surface area contributed by atoms with Crippen LogP contribution in [0.1, 0.15) is 31.1 Å². The van der Waals surface area contributed by atoms with Crippen molar-refractivity contribution >= 4 is 33.3 Å². The van der Waals surface area contributed by atoms with Gasteiger partial charge in [0.15, 0.2) is 0 Å². The first-order chi connectivity index (χ1) is 8.69. The lowest BCUT2D eigenvalue weighted by Gasteiger charge is -2.25. The van der Waals surface area contributed by atoms with E-state index in [9.17, 15) is 0 Å². The predicted octanol–water partition coefficient (Wildman–Crippen LogP) is 2.96. The molecule has 5 heteroatoms. The maximum absolute atomic E-state index is 5.85. The molecular formula is C13H18N4S. The van der Waals surface area contributed by atoms with Gasteiger partial charge in [-0.2, -0.15) is 4.98 Å². The summed E-state index contributed by atoms with van der Waals surface area (Å²) >= 11 is 1.69. The summed E-state index contributed by atoms with van der Waals surface area (Å²) in [4.78, 5) is 13.5. The van der Waals surface area contributed by atoms with Crippen LogP contribution >= 0.6 is 11.3 Å². The van der Waals surface area contributed by atoms with Crippen LogP contribution in [0.4, 0.5) is 11.8 Å². The monoisotopic (exact) mass is 262 g/mol. The van der Waals surface area contributed by atoms with Crippen molar-refractivity contribution in [3.8, 4) is 0 Å². The summed E-state index contributed by atoms with van der Waals surface area (Å²) < 4.78 is 0. The molecule has 0 aliphatic carbocycles. The van der Waals surface area contributed by atoms with Gasteiger partial charge in [-0.15, -0.1) is 11.3 Å². The zero-order valence-corrected chi connectivity index (χ0v) is 11.6. The summed E-state index contributed by atoms with van der Waals surface area (Å²) in [5.74, 6) is 1.42. The Morgan fingerprint density at radius 3 is 3.11 bits per heavy atom. The summed E-state index contributed by atoms with van der Waals surface area (Å²) in [6, 6.07) is 2.78. The Balaban J connectivity index is 2.15. The number of nitrogens with zero attached hydrogens (tertiary/aromatic N) is 3. The molecule has 1 atom stereocenters. The molecule has 0 aromatic carbocycles. The molecule has 0 spiro atoms. The Morgan fingerprint density at radius 1 is 1.50 bits per heavy atom. The molecule has 4 nitrogen and oxygen atoms in total. The molecule has 0 radical (unpaired) electrons. The number of hydrogen-bond donors (Lipinski definition) is 1. The van der Waals surface area contributed by atoms with Crippen LogP contribution in [0.2, 0.25) is 0 Å². The van der Waals surface area contributed by atoms with Crippen LogP contribution in [0.3, 0.4) is 0 Å². The van der Waals surface area contributed by atoms with Crippen molar-refractivity contribution < 1.29 is 0 Å². The Bertz CT molecular complexity index is 578. The van der Waals surface area contributed by atoms with Crippen LogP contribution in [0, 0.1) is 6.92 Å². The minimum absolute atomic E-state index is 0.390. The van der Waals surface area contributed by atoms with E-state index in [1.54, 1.807) is 11.3 Å². The van der Waals surface area contributed by atoms with Crippen molar-refractivity contribution in [2.24, 2.45) is 0 Å². The SMILES string of the molecule is CCC1CCCN1c1nc(N)nc2sc(C)cc12. The van der Waals surface area contributed by atoms with Crippen LogP contribution in [0.25, 0.3) is 10.2 Å². The minimum Gasteiger partial charge on any atom is -0.368 e. The highest BCUT2D eigenvalue weighted by atomic mass is 32.1. The van der Waals surface area contributed by atoms with Gasteiger partial charge in [-0.1, -0.05) is 6.92 Å². The Labute approximate surface area is 111 Å². The first kappa shape index (κ1) is 11.7. The molecule has 3 heterocycles. The van der Waals surface area contributed by atoms with Gasteiger partial charge in [0.25, 0.3) is 0 Å². The van der Waals surface area contributed by atoms with Gasteiger partial charge in [0.2, 0.25) is 5.95 Å². The van der Waals surface area contributed by atoms with Gasteiger partial charge in [-0.05, 0) is 32.3 Å². The van der Waals surface area contributed by atoms with Crippen LogP contribution in [0.15, 0.2) is 6.07 Å². The van der Waals surface area contributed by atoms with Crippen LogP contribution in [-0.4, -0.2) is 22.6 Å². The number of thiophene rings is 1. The molecule has 2 N–H and O–H groups in total. The lowest BCUT2D eigenvalue weighted by Crippen LogP contribution is -2.29. The van der Waals surface area contributed by atoms with Crippen molar-refractivity contribution in [3.05, 3.63) is 10.9 Å². The van der Waals surface area contributed by atoms with Gasteiger partial charge in [0.1, 0.15) is 10.6 Å². The molecule has 1 unspecified atom stereocenters. The zero-order valence-electron chi connectivity index (χ0n) is 10.8. The molecule has 1 saturated heterocycles. The van der Waals surface area contributed by atoms with Crippen LogP contribution < -0.4 is 10.6 Å². The maximum Gasteiger partial charge on any atom is 0.223 e. The average molecular weight is 262 g/mol. The number of nitrogens with two attached hydrogens (primary N) is 1. The fourth-order valence-corrected chi connectivity index (χ4v) is 3.68. The van der Waals surface area contributed by atoms with E-state index in [4.69, 9.17) is 5.73 Å². The molecule has 1 aliphatic rings. The fourth-order valence-electron chi connectivity index (χ4n) is 2.80. The largest absolute Gasteiger partial charge is 0.368 e. The molecule has 0 bridgehead atoms. The highest BCUT2D eigenvalue weighted by Gasteiger charge is 2.26. The summed E-state index contributed by atoms with van der Waals surface area (Å²) in [7, 11) is 0. The van der Waals surface area contributed by atoms with Crippen molar-refractivity contribution in [1.82, 2.24) is 9.97 Å². The normalized spacial score (nSPS) is 19.9. The van der Waals surface area contributed by atoms with E-state index in [0.717, 1.165) is 29.0 Å². The highest BCUT2D eigenvalue weighted by molar-refractivity contribution is 7.18. The Morgan fingerprint density at radius 2 is 2.33 bits per heavy atom. The lowest BCUT2D eigenvalue weighted by atomic mass is 10.1. The second kappa shape index (κ2) is 4.39. The van der Waals surface area contributed by atoms with Gasteiger partial charge in [0, 0.05) is 17.5 Å². The van der Waals surface area contributed by atoms with Gasteiger partial charge in [-0.3, -0.25) is 0 Å².